The lowest BCUT2D eigenvalue weighted by molar-refractivity contribution is 0.337. The lowest BCUT2D eigenvalue weighted by atomic mass is 9.90. The van der Waals surface area contributed by atoms with Crippen molar-refractivity contribution in [3.05, 3.63) is 0 Å². The van der Waals surface area contributed by atoms with Crippen LogP contribution in [0.4, 0.5) is 0 Å². The zero-order valence-corrected chi connectivity index (χ0v) is 7.84. The molecule has 0 aromatic carbocycles. The van der Waals surface area contributed by atoms with Gasteiger partial charge in [-0.25, -0.2) is 0 Å². The summed E-state index contributed by atoms with van der Waals surface area (Å²) in [5, 5.41) is 12.0. The van der Waals surface area contributed by atoms with Crippen LogP contribution in [0.15, 0.2) is 0 Å². The molecule has 1 fully saturated rings. The molecule has 2 nitrogen and oxygen atoms in total. The van der Waals surface area contributed by atoms with Gasteiger partial charge in [0.05, 0.1) is 6.07 Å². The minimum Gasteiger partial charge on any atom is -0.317 e. The van der Waals surface area contributed by atoms with Crippen LogP contribution in [0.25, 0.3) is 0 Å². The molecule has 0 aliphatic carbocycles. The molecule has 0 bridgehead atoms. The molecule has 1 rings (SSSR count). The number of hydrogen-bond donors (Lipinski definition) is 1. The van der Waals surface area contributed by atoms with Crippen LogP contribution >= 0.6 is 0 Å². The summed E-state index contributed by atoms with van der Waals surface area (Å²) in [5.74, 6) is 1.13. The van der Waals surface area contributed by atoms with E-state index in [-0.39, 0.29) is 5.92 Å². The van der Waals surface area contributed by atoms with Gasteiger partial charge in [0.1, 0.15) is 0 Å². The maximum absolute atomic E-state index is 8.60. The zero-order valence-electron chi connectivity index (χ0n) is 7.84. The maximum Gasteiger partial charge on any atom is 0.0652 e. The average Bonchev–Trinajstić information content (AvgIpc) is 2.16. The molecule has 1 saturated heterocycles. The molecule has 0 spiro atoms. The highest BCUT2D eigenvalue weighted by atomic mass is 14.9. The zero-order chi connectivity index (χ0) is 8.81. The molecule has 68 valence electrons. The van der Waals surface area contributed by atoms with Crippen molar-refractivity contribution >= 4 is 0 Å². The summed E-state index contributed by atoms with van der Waals surface area (Å²) in [6.07, 6.45) is 4.94. The molecular formula is C10H18N2. The van der Waals surface area contributed by atoms with Gasteiger partial charge in [-0.05, 0) is 51.6 Å². The molecule has 2 heteroatoms. The maximum atomic E-state index is 8.60. The fourth-order valence-corrected chi connectivity index (χ4v) is 1.72. The second-order valence-corrected chi connectivity index (χ2v) is 3.80. The smallest absolute Gasteiger partial charge is 0.0652 e. The first-order valence-corrected chi connectivity index (χ1v) is 4.93. The molecule has 1 N–H and O–H groups in total. The molecule has 1 heterocycles. The molecule has 1 atom stereocenters. The molecule has 12 heavy (non-hydrogen) atoms. The number of hydrogen-bond acceptors (Lipinski definition) is 2. The van der Waals surface area contributed by atoms with E-state index < -0.39 is 0 Å². The van der Waals surface area contributed by atoms with E-state index in [1.54, 1.807) is 0 Å². The minimum atomic E-state index is 0.250. The average molecular weight is 166 g/mol. The van der Waals surface area contributed by atoms with Gasteiger partial charge >= 0.3 is 0 Å². The Balaban J connectivity index is 2.10. The Morgan fingerprint density at radius 2 is 2.17 bits per heavy atom. The molecule has 0 aromatic heterocycles. The molecule has 0 amide bonds. The predicted octanol–water partition coefficient (Wildman–Crippen LogP) is 1.93. The van der Waals surface area contributed by atoms with Gasteiger partial charge in [-0.3, -0.25) is 0 Å². The van der Waals surface area contributed by atoms with Gasteiger partial charge in [0.25, 0.3) is 0 Å². The van der Waals surface area contributed by atoms with Crippen molar-refractivity contribution in [1.82, 2.24) is 5.32 Å². The summed E-state index contributed by atoms with van der Waals surface area (Å²) in [6, 6.07) is 2.29. The number of nitrogens with one attached hydrogen (secondary N) is 1. The van der Waals surface area contributed by atoms with Crippen LogP contribution in [0.3, 0.4) is 0 Å². The third-order valence-corrected chi connectivity index (χ3v) is 2.69. The van der Waals surface area contributed by atoms with Crippen LogP contribution in [-0.2, 0) is 0 Å². The van der Waals surface area contributed by atoms with Crippen molar-refractivity contribution in [1.29, 1.82) is 5.26 Å². The van der Waals surface area contributed by atoms with Gasteiger partial charge in [-0.15, -0.1) is 0 Å². The Hall–Kier alpha value is -0.550. The highest BCUT2D eigenvalue weighted by Gasteiger charge is 2.13. The Morgan fingerprint density at radius 1 is 1.50 bits per heavy atom. The van der Waals surface area contributed by atoms with Crippen molar-refractivity contribution in [2.75, 3.05) is 13.1 Å². The van der Waals surface area contributed by atoms with E-state index in [1.807, 2.05) is 6.92 Å². The first kappa shape index (κ1) is 9.54. The van der Waals surface area contributed by atoms with Crippen molar-refractivity contribution in [3.63, 3.8) is 0 Å². The van der Waals surface area contributed by atoms with E-state index in [0.29, 0.717) is 0 Å². The van der Waals surface area contributed by atoms with Gasteiger partial charge in [-0.1, -0.05) is 0 Å². The second-order valence-electron chi connectivity index (χ2n) is 3.80. The highest BCUT2D eigenvalue weighted by molar-refractivity contribution is 4.80. The SMILES string of the molecule is CC(C#N)CCC1CCNCC1. The fraction of sp³-hybridized carbons (Fsp3) is 0.900. The van der Waals surface area contributed by atoms with Crippen molar-refractivity contribution < 1.29 is 0 Å². The van der Waals surface area contributed by atoms with Crippen LogP contribution in [0.5, 0.6) is 0 Å². The number of nitriles is 1. The fourth-order valence-electron chi connectivity index (χ4n) is 1.72. The lowest BCUT2D eigenvalue weighted by Gasteiger charge is -2.22. The normalized spacial score (nSPS) is 21.7. The summed E-state index contributed by atoms with van der Waals surface area (Å²) in [6.45, 7) is 4.36. The molecule has 1 aliphatic rings. The van der Waals surface area contributed by atoms with Crippen molar-refractivity contribution in [2.24, 2.45) is 11.8 Å². The van der Waals surface area contributed by atoms with Crippen molar-refractivity contribution in [2.45, 2.75) is 32.6 Å². The third kappa shape index (κ3) is 3.23. The van der Waals surface area contributed by atoms with Crippen LogP contribution in [0.2, 0.25) is 0 Å². The second kappa shape index (κ2) is 5.16. The quantitative estimate of drug-likeness (QED) is 0.695. The van der Waals surface area contributed by atoms with Gasteiger partial charge in [0, 0.05) is 5.92 Å². The summed E-state index contributed by atoms with van der Waals surface area (Å²) >= 11 is 0. The van der Waals surface area contributed by atoms with E-state index >= 15 is 0 Å². The highest BCUT2D eigenvalue weighted by Crippen LogP contribution is 2.20. The number of rotatable bonds is 3. The molecule has 0 aromatic rings. The first-order chi connectivity index (χ1) is 5.83. The standard InChI is InChI=1S/C10H18N2/c1-9(8-11)2-3-10-4-6-12-7-5-10/h9-10,12H,2-7H2,1H3. The van der Waals surface area contributed by atoms with E-state index in [1.165, 1.54) is 32.4 Å². The van der Waals surface area contributed by atoms with Gasteiger partial charge in [-0.2, -0.15) is 5.26 Å². The Labute approximate surface area is 75.0 Å². The van der Waals surface area contributed by atoms with Crippen LogP contribution in [0.1, 0.15) is 32.6 Å². The lowest BCUT2D eigenvalue weighted by Crippen LogP contribution is -2.27. The molecule has 0 saturated carbocycles. The van der Waals surface area contributed by atoms with Gasteiger partial charge < -0.3 is 5.32 Å². The molecule has 1 unspecified atom stereocenters. The van der Waals surface area contributed by atoms with Gasteiger partial charge in [0.2, 0.25) is 0 Å². The van der Waals surface area contributed by atoms with Gasteiger partial charge in [0.15, 0.2) is 0 Å². The van der Waals surface area contributed by atoms with Crippen LogP contribution in [-0.4, -0.2) is 13.1 Å². The topological polar surface area (TPSA) is 35.8 Å². The van der Waals surface area contributed by atoms with Crippen LogP contribution in [0, 0.1) is 23.2 Å². The summed E-state index contributed by atoms with van der Waals surface area (Å²) in [5.41, 5.74) is 0. The summed E-state index contributed by atoms with van der Waals surface area (Å²) in [4.78, 5) is 0. The van der Waals surface area contributed by atoms with E-state index in [4.69, 9.17) is 5.26 Å². The number of piperidine rings is 1. The Kier molecular flexibility index (Phi) is 4.10. The molecule has 0 radical (unpaired) electrons. The largest absolute Gasteiger partial charge is 0.317 e. The molecule has 1 aliphatic heterocycles. The van der Waals surface area contributed by atoms with Crippen LogP contribution < -0.4 is 5.32 Å². The molecular weight excluding hydrogens is 148 g/mol. The van der Waals surface area contributed by atoms with Crippen molar-refractivity contribution in [3.8, 4) is 6.07 Å². The third-order valence-electron chi connectivity index (χ3n) is 2.69. The number of nitrogens with zero attached hydrogens (tertiary/aromatic N) is 1. The summed E-state index contributed by atoms with van der Waals surface area (Å²) in [7, 11) is 0. The Morgan fingerprint density at radius 3 is 2.75 bits per heavy atom. The van der Waals surface area contributed by atoms with E-state index in [0.717, 1.165) is 12.3 Å². The summed E-state index contributed by atoms with van der Waals surface area (Å²) < 4.78 is 0. The van der Waals surface area contributed by atoms with E-state index in [2.05, 4.69) is 11.4 Å². The predicted molar refractivity (Wildman–Crippen MR) is 49.6 cm³/mol. The minimum absolute atomic E-state index is 0.250. The monoisotopic (exact) mass is 166 g/mol. The van der Waals surface area contributed by atoms with E-state index in [9.17, 15) is 0 Å². The Bertz CT molecular complexity index is 154. The first-order valence-electron chi connectivity index (χ1n) is 4.93.